The molecule has 0 atom stereocenters. The predicted molar refractivity (Wildman–Crippen MR) is 138 cm³/mol. The number of hydrogen-bond acceptors (Lipinski definition) is 4. The fourth-order valence-corrected chi connectivity index (χ4v) is 4.86. The first kappa shape index (κ1) is 27.7. The van der Waals surface area contributed by atoms with Gasteiger partial charge in [0.25, 0.3) is 0 Å². The topological polar surface area (TPSA) is 72.8 Å². The largest absolute Gasteiger partial charge is 0.494 e. The van der Waals surface area contributed by atoms with Gasteiger partial charge in [-0.25, -0.2) is 9.18 Å². The van der Waals surface area contributed by atoms with E-state index in [1.165, 1.54) is 56.6 Å². The minimum Gasteiger partial charge on any atom is -0.494 e. The van der Waals surface area contributed by atoms with Crippen LogP contribution in [-0.2, 0) is 4.79 Å². The van der Waals surface area contributed by atoms with Crippen LogP contribution in [0.5, 0.6) is 11.5 Å². The second kappa shape index (κ2) is 14.6. The minimum absolute atomic E-state index is 0.0344. The van der Waals surface area contributed by atoms with Crippen molar-refractivity contribution in [2.24, 2.45) is 5.92 Å². The maximum Gasteiger partial charge on any atom is 0.338 e. The fraction of sp³-hybridized carbons (Fsp3) is 0.533. The van der Waals surface area contributed by atoms with Gasteiger partial charge in [-0.15, -0.1) is 0 Å². The van der Waals surface area contributed by atoms with Gasteiger partial charge in [-0.2, -0.15) is 0 Å². The summed E-state index contributed by atoms with van der Waals surface area (Å²) in [4.78, 5) is 23.5. The summed E-state index contributed by atoms with van der Waals surface area (Å²) in [6.45, 7) is 3.00. The van der Waals surface area contributed by atoms with E-state index in [0.29, 0.717) is 18.8 Å². The molecule has 36 heavy (non-hydrogen) atoms. The summed E-state index contributed by atoms with van der Waals surface area (Å²) in [5, 5.41) is 8.92. The van der Waals surface area contributed by atoms with E-state index in [1.54, 1.807) is 0 Å². The number of ether oxygens (including phenoxy) is 2. The second-order valence-electron chi connectivity index (χ2n) is 9.81. The molecular formula is C30H39FO5. The Morgan fingerprint density at radius 1 is 0.861 bits per heavy atom. The molecule has 1 aliphatic rings. The lowest BCUT2D eigenvalue weighted by Crippen LogP contribution is -2.25. The number of carboxylic acids is 1. The Bertz CT molecular complexity index is 964. The van der Waals surface area contributed by atoms with E-state index < -0.39 is 17.3 Å². The van der Waals surface area contributed by atoms with Crippen LogP contribution >= 0.6 is 0 Å². The van der Waals surface area contributed by atoms with Gasteiger partial charge in [-0.05, 0) is 67.9 Å². The van der Waals surface area contributed by atoms with Crippen LogP contribution in [0, 0.1) is 11.7 Å². The molecule has 1 fully saturated rings. The zero-order valence-electron chi connectivity index (χ0n) is 21.3. The zero-order valence-corrected chi connectivity index (χ0v) is 21.3. The van der Waals surface area contributed by atoms with Gasteiger partial charge in [0.15, 0.2) is 0 Å². The van der Waals surface area contributed by atoms with Crippen molar-refractivity contribution in [2.75, 3.05) is 6.61 Å². The van der Waals surface area contributed by atoms with Gasteiger partial charge in [-0.1, -0.05) is 64.0 Å². The van der Waals surface area contributed by atoms with Gasteiger partial charge in [0.05, 0.1) is 18.1 Å². The molecule has 196 valence electrons. The van der Waals surface area contributed by atoms with E-state index in [0.717, 1.165) is 43.8 Å². The standard InChI is InChI=1S/C30H39FO5/c1-2-3-4-5-6-7-8-9-20-35-25-16-14-23(15-17-25)22-10-12-24(13-11-22)30(34)36-26-18-19-27(29(32)33)28(31)21-26/h14-19,21-22,24H,2-13,20H2,1H3,(H,32,33). The van der Waals surface area contributed by atoms with Gasteiger partial charge in [0.2, 0.25) is 0 Å². The summed E-state index contributed by atoms with van der Waals surface area (Å²) < 4.78 is 25.1. The molecule has 1 saturated carbocycles. The molecule has 0 spiro atoms. The summed E-state index contributed by atoms with van der Waals surface area (Å²) >= 11 is 0. The third kappa shape index (κ3) is 8.65. The maximum absolute atomic E-state index is 13.8. The quantitative estimate of drug-likeness (QED) is 0.163. The molecule has 0 bridgehead atoms. The second-order valence-corrected chi connectivity index (χ2v) is 9.81. The molecule has 0 heterocycles. The SMILES string of the molecule is CCCCCCCCCCOc1ccc(C2CCC(C(=O)Oc3ccc(C(=O)O)c(F)c3)CC2)cc1. The number of carbonyl (C=O) groups excluding carboxylic acids is 1. The van der Waals surface area contributed by atoms with Crippen LogP contribution < -0.4 is 9.47 Å². The average molecular weight is 499 g/mol. The third-order valence-corrected chi connectivity index (χ3v) is 7.07. The molecule has 0 aromatic heterocycles. The van der Waals surface area contributed by atoms with Crippen molar-refractivity contribution in [2.45, 2.75) is 89.9 Å². The first-order chi connectivity index (χ1) is 17.5. The molecule has 1 aliphatic carbocycles. The first-order valence-electron chi connectivity index (χ1n) is 13.4. The summed E-state index contributed by atoms with van der Waals surface area (Å²) in [6, 6.07) is 11.7. The van der Waals surface area contributed by atoms with E-state index >= 15 is 0 Å². The highest BCUT2D eigenvalue weighted by atomic mass is 19.1. The Kier molecular flexibility index (Phi) is 11.2. The molecule has 3 rings (SSSR count). The highest BCUT2D eigenvalue weighted by molar-refractivity contribution is 5.88. The first-order valence-corrected chi connectivity index (χ1v) is 13.4. The lowest BCUT2D eigenvalue weighted by molar-refractivity contribution is -0.140. The Labute approximate surface area is 214 Å². The van der Waals surface area contributed by atoms with Crippen molar-refractivity contribution in [3.8, 4) is 11.5 Å². The average Bonchev–Trinajstić information content (AvgIpc) is 2.88. The maximum atomic E-state index is 13.8. The van der Waals surface area contributed by atoms with Gasteiger partial charge < -0.3 is 14.6 Å². The Hall–Kier alpha value is -2.89. The molecule has 5 nitrogen and oxygen atoms in total. The number of aromatic carboxylic acids is 1. The van der Waals surface area contributed by atoms with Gasteiger partial charge in [0, 0.05) is 6.07 Å². The van der Waals surface area contributed by atoms with Crippen molar-refractivity contribution in [3.63, 3.8) is 0 Å². The van der Waals surface area contributed by atoms with Crippen LogP contribution in [0.25, 0.3) is 0 Å². The van der Waals surface area contributed by atoms with E-state index in [2.05, 4.69) is 19.1 Å². The Morgan fingerprint density at radius 3 is 2.08 bits per heavy atom. The molecule has 0 saturated heterocycles. The highest BCUT2D eigenvalue weighted by Gasteiger charge is 2.28. The summed E-state index contributed by atoms with van der Waals surface area (Å²) in [5.41, 5.74) is 0.812. The highest BCUT2D eigenvalue weighted by Crippen LogP contribution is 2.37. The Balaban J connectivity index is 1.35. The lowest BCUT2D eigenvalue weighted by atomic mass is 9.79. The summed E-state index contributed by atoms with van der Waals surface area (Å²) in [5.74, 6) is -1.57. The number of halogens is 1. The lowest BCUT2D eigenvalue weighted by Gasteiger charge is -2.27. The Morgan fingerprint density at radius 2 is 1.47 bits per heavy atom. The number of unbranched alkanes of at least 4 members (excludes halogenated alkanes) is 7. The molecule has 2 aromatic carbocycles. The summed E-state index contributed by atoms with van der Waals surface area (Å²) in [7, 11) is 0. The molecule has 0 amide bonds. The predicted octanol–water partition coefficient (Wildman–Crippen LogP) is 7.92. The van der Waals surface area contributed by atoms with Crippen molar-refractivity contribution < 1.29 is 28.6 Å². The van der Waals surface area contributed by atoms with Gasteiger partial charge >= 0.3 is 11.9 Å². The molecule has 0 radical (unpaired) electrons. The molecule has 2 aromatic rings. The van der Waals surface area contributed by atoms with Crippen LogP contribution in [0.4, 0.5) is 4.39 Å². The van der Waals surface area contributed by atoms with Gasteiger partial charge in [0.1, 0.15) is 17.3 Å². The number of rotatable bonds is 14. The third-order valence-electron chi connectivity index (χ3n) is 7.07. The summed E-state index contributed by atoms with van der Waals surface area (Å²) in [6.07, 6.45) is 13.4. The molecular weight excluding hydrogens is 459 g/mol. The monoisotopic (exact) mass is 498 g/mol. The van der Waals surface area contributed by atoms with Crippen molar-refractivity contribution in [1.82, 2.24) is 0 Å². The normalized spacial score (nSPS) is 17.5. The smallest absolute Gasteiger partial charge is 0.338 e. The molecule has 0 aliphatic heterocycles. The van der Waals surface area contributed by atoms with E-state index in [1.807, 2.05) is 12.1 Å². The van der Waals surface area contributed by atoms with Crippen LogP contribution in [0.1, 0.15) is 106 Å². The number of carboxylic acid groups (broad SMARTS) is 1. The molecule has 6 heteroatoms. The van der Waals surface area contributed by atoms with Crippen LogP contribution in [-0.4, -0.2) is 23.7 Å². The van der Waals surface area contributed by atoms with E-state index in [-0.39, 0.29) is 17.6 Å². The van der Waals surface area contributed by atoms with Crippen molar-refractivity contribution in [3.05, 3.63) is 59.4 Å². The minimum atomic E-state index is -1.35. The van der Waals surface area contributed by atoms with Crippen molar-refractivity contribution >= 4 is 11.9 Å². The van der Waals surface area contributed by atoms with Crippen molar-refractivity contribution in [1.29, 1.82) is 0 Å². The van der Waals surface area contributed by atoms with Crippen LogP contribution in [0.2, 0.25) is 0 Å². The van der Waals surface area contributed by atoms with Crippen LogP contribution in [0.3, 0.4) is 0 Å². The number of esters is 1. The van der Waals surface area contributed by atoms with E-state index in [4.69, 9.17) is 14.6 Å². The zero-order chi connectivity index (χ0) is 25.8. The molecule has 1 N–H and O–H groups in total. The molecule has 0 unspecified atom stereocenters. The fourth-order valence-electron chi connectivity index (χ4n) is 4.86. The van der Waals surface area contributed by atoms with E-state index in [9.17, 15) is 14.0 Å². The van der Waals surface area contributed by atoms with Gasteiger partial charge in [-0.3, -0.25) is 4.79 Å². The number of hydrogen-bond donors (Lipinski definition) is 1. The van der Waals surface area contributed by atoms with Crippen LogP contribution in [0.15, 0.2) is 42.5 Å². The number of benzene rings is 2. The number of carbonyl (C=O) groups is 2.